The Morgan fingerprint density at radius 1 is 0.960 bits per heavy atom. The van der Waals surface area contributed by atoms with E-state index >= 15 is 0 Å². The molecule has 1 aliphatic heterocycles. The lowest BCUT2D eigenvalue weighted by Gasteiger charge is -2.16. The van der Waals surface area contributed by atoms with Crippen LogP contribution in [0.25, 0.3) is 5.57 Å². The summed E-state index contributed by atoms with van der Waals surface area (Å²) < 4.78 is 0. The maximum atomic E-state index is 13.1. The largest absolute Gasteiger partial charge is 0.272 e. The van der Waals surface area contributed by atoms with Gasteiger partial charge in [-0.25, -0.2) is 4.90 Å². The summed E-state index contributed by atoms with van der Waals surface area (Å²) in [6.07, 6.45) is 0. The molecule has 0 N–H and O–H groups in total. The zero-order valence-corrected chi connectivity index (χ0v) is 15.9. The number of aryl methyl sites for hydroxylation is 2. The monoisotopic (exact) mass is 371 g/mol. The molecular weight excluding hydrogens is 354 g/mol. The number of carbonyl (C=O) groups is 2. The van der Waals surface area contributed by atoms with Crippen LogP contribution in [0.4, 0.5) is 5.69 Å². The highest BCUT2D eigenvalue weighted by molar-refractivity contribution is 8.04. The zero-order chi connectivity index (χ0) is 18.1. The van der Waals surface area contributed by atoms with E-state index in [0.717, 1.165) is 11.1 Å². The van der Waals surface area contributed by atoms with Crippen molar-refractivity contribution in [3.8, 4) is 0 Å². The smallest absolute Gasteiger partial charge is 0.268 e. The molecule has 0 aliphatic carbocycles. The fourth-order valence-corrected chi connectivity index (χ4v) is 3.95. The Hall–Kier alpha value is -2.04. The molecule has 128 valence electrons. The molecule has 0 atom stereocenters. The second kappa shape index (κ2) is 7.06. The first-order valence-electron chi connectivity index (χ1n) is 8.02. The molecule has 1 aliphatic rings. The van der Waals surface area contributed by atoms with Crippen LogP contribution in [-0.4, -0.2) is 17.6 Å². The van der Waals surface area contributed by atoms with Gasteiger partial charge in [-0.3, -0.25) is 9.59 Å². The molecule has 0 saturated carbocycles. The summed E-state index contributed by atoms with van der Waals surface area (Å²) in [7, 11) is 0. The molecule has 0 radical (unpaired) electrons. The molecule has 5 heteroatoms. The molecule has 0 saturated heterocycles. The summed E-state index contributed by atoms with van der Waals surface area (Å²) >= 11 is 7.36. The molecule has 0 unspecified atom stereocenters. The van der Waals surface area contributed by atoms with E-state index in [1.807, 2.05) is 39.0 Å². The van der Waals surface area contributed by atoms with Crippen LogP contribution in [0.1, 0.15) is 23.6 Å². The Bertz CT molecular complexity index is 867. The highest BCUT2D eigenvalue weighted by Crippen LogP contribution is 2.38. The second-order valence-corrected chi connectivity index (χ2v) is 7.65. The van der Waals surface area contributed by atoms with Crippen LogP contribution in [-0.2, 0) is 9.59 Å². The fraction of sp³-hybridized carbons (Fsp3) is 0.200. The summed E-state index contributed by atoms with van der Waals surface area (Å²) in [4.78, 5) is 27.9. The van der Waals surface area contributed by atoms with Gasteiger partial charge < -0.3 is 0 Å². The predicted molar refractivity (Wildman–Crippen MR) is 105 cm³/mol. The molecule has 3 nitrogen and oxygen atoms in total. The molecule has 2 aromatic rings. The van der Waals surface area contributed by atoms with Gasteiger partial charge in [0, 0.05) is 5.02 Å². The van der Waals surface area contributed by atoms with Gasteiger partial charge in [0.1, 0.15) is 0 Å². The fourth-order valence-electron chi connectivity index (χ4n) is 2.97. The van der Waals surface area contributed by atoms with Gasteiger partial charge in [-0.1, -0.05) is 36.7 Å². The van der Waals surface area contributed by atoms with Crippen molar-refractivity contribution in [1.82, 2.24) is 0 Å². The molecule has 2 amide bonds. The highest BCUT2D eigenvalue weighted by atomic mass is 35.5. The number of benzene rings is 2. The van der Waals surface area contributed by atoms with E-state index in [4.69, 9.17) is 11.6 Å². The SMILES string of the molecule is CCSC1=C(c2ccc(Cl)cc2)C(=O)N(c2cc(C)cc(C)c2)C1=O. The minimum Gasteiger partial charge on any atom is -0.268 e. The molecule has 0 spiro atoms. The molecule has 2 aromatic carbocycles. The number of thioether (sulfide) groups is 1. The topological polar surface area (TPSA) is 37.4 Å². The summed E-state index contributed by atoms with van der Waals surface area (Å²) in [5.74, 6) is 0.173. The van der Waals surface area contributed by atoms with Crippen LogP contribution >= 0.6 is 23.4 Å². The van der Waals surface area contributed by atoms with Gasteiger partial charge in [-0.05, 0) is 60.6 Å². The molecule has 0 aromatic heterocycles. The van der Waals surface area contributed by atoms with Crippen molar-refractivity contribution in [2.75, 3.05) is 10.7 Å². The van der Waals surface area contributed by atoms with Crippen molar-refractivity contribution in [2.45, 2.75) is 20.8 Å². The molecule has 25 heavy (non-hydrogen) atoms. The maximum Gasteiger partial charge on any atom is 0.272 e. The van der Waals surface area contributed by atoms with E-state index < -0.39 is 0 Å². The Kier molecular flexibility index (Phi) is 5.02. The van der Waals surface area contributed by atoms with Gasteiger partial charge in [0.25, 0.3) is 11.8 Å². The first-order valence-corrected chi connectivity index (χ1v) is 9.38. The van der Waals surface area contributed by atoms with Gasteiger partial charge >= 0.3 is 0 Å². The van der Waals surface area contributed by atoms with Gasteiger partial charge in [-0.2, -0.15) is 0 Å². The number of hydrogen-bond acceptors (Lipinski definition) is 3. The first-order chi connectivity index (χ1) is 11.9. The number of rotatable bonds is 4. The van der Waals surface area contributed by atoms with E-state index in [1.54, 1.807) is 24.3 Å². The predicted octanol–water partition coefficient (Wildman–Crippen LogP) is 4.99. The Balaban J connectivity index is 2.11. The Labute approximate surface area is 156 Å². The molecule has 1 heterocycles. The average Bonchev–Trinajstić information content (AvgIpc) is 2.79. The summed E-state index contributed by atoms with van der Waals surface area (Å²) in [5.41, 5.74) is 3.81. The third-order valence-corrected chi connectivity index (χ3v) is 5.14. The van der Waals surface area contributed by atoms with E-state index in [2.05, 4.69) is 0 Å². The minimum absolute atomic E-state index is 0.258. The van der Waals surface area contributed by atoms with E-state index in [9.17, 15) is 9.59 Å². The van der Waals surface area contributed by atoms with E-state index in [1.165, 1.54) is 16.7 Å². The third kappa shape index (κ3) is 3.37. The number of halogens is 1. The van der Waals surface area contributed by atoms with Crippen molar-refractivity contribution in [2.24, 2.45) is 0 Å². The van der Waals surface area contributed by atoms with Gasteiger partial charge in [0.15, 0.2) is 0 Å². The van der Waals surface area contributed by atoms with Crippen molar-refractivity contribution < 1.29 is 9.59 Å². The summed E-state index contributed by atoms with van der Waals surface area (Å²) in [5, 5.41) is 0.594. The van der Waals surface area contributed by atoms with Crippen LogP contribution in [0.3, 0.4) is 0 Å². The van der Waals surface area contributed by atoms with Crippen LogP contribution in [0.2, 0.25) is 5.02 Å². The quantitative estimate of drug-likeness (QED) is 0.710. The lowest BCUT2D eigenvalue weighted by Crippen LogP contribution is -2.31. The van der Waals surface area contributed by atoms with Gasteiger partial charge in [-0.15, -0.1) is 11.8 Å². The first kappa shape index (κ1) is 17.8. The maximum absolute atomic E-state index is 13.1. The number of imide groups is 1. The second-order valence-electron chi connectivity index (χ2n) is 5.94. The number of amides is 2. The Morgan fingerprint density at radius 3 is 2.12 bits per heavy atom. The van der Waals surface area contributed by atoms with Crippen molar-refractivity contribution in [3.63, 3.8) is 0 Å². The van der Waals surface area contributed by atoms with E-state index in [-0.39, 0.29) is 11.8 Å². The lowest BCUT2D eigenvalue weighted by atomic mass is 10.1. The van der Waals surface area contributed by atoms with Gasteiger partial charge in [0.2, 0.25) is 0 Å². The molecular formula is C20H18ClNO2S. The van der Waals surface area contributed by atoms with E-state index in [0.29, 0.717) is 32.5 Å². The average molecular weight is 372 g/mol. The van der Waals surface area contributed by atoms with Crippen molar-refractivity contribution in [1.29, 1.82) is 0 Å². The molecule has 0 bridgehead atoms. The highest BCUT2D eigenvalue weighted by Gasteiger charge is 2.40. The van der Waals surface area contributed by atoms with Crippen molar-refractivity contribution >= 4 is 46.4 Å². The van der Waals surface area contributed by atoms with Crippen LogP contribution < -0.4 is 4.90 Å². The van der Waals surface area contributed by atoms with Gasteiger partial charge in [0.05, 0.1) is 16.2 Å². The summed E-state index contributed by atoms with van der Waals surface area (Å²) in [6.45, 7) is 5.88. The third-order valence-electron chi connectivity index (χ3n) is 3.93. The molecule has 0 fully saturated rings. The normalized spacial score (nSPS) is 14.6. The number of anilines is 1. The van der Waals surface area contributed by atoms with Crippen LogP contribution in [0.5, 0.6) is 0 Å². The van der Waals surface area contributed by atoms with Crippen LogP contribution in [0, 0.1) is 13.8 Å². The molecule has 3 rings (SSSR count). The number of carbonyl (C=O) groups excluding carboxylic acids is 2. The number of nitrogens with zero attached hydrogens (tertiary/aromatic N) is 1. The standard InChI is InChI=1S/C20H18ClNO2S/c1-4-25-18-17(14-5-7-15(21)8-6-14)19(23)22(20(18)24)16-10-12(2)9-13(3)11-16/h5-11H,4H2,1-3H3. The Morgan fingerprint density at radius 2 is 1.56 bits per heavy atom. The van der Waals surface area contributed by atoms with Crippen molar-refractivity contribution in [3.05, 3.63) is 69.1 Å². The number of hydrogen-bond donors (Lipinski definition) is 0. The lowest BCUT2D eigenvalue weighted by molar-refractivity contribution is -0.119. The van der Waals surface area contributed by atoms with Crippen LogP contribution in [0.15, 0.2) is 47.4 Å². The zero-order valence-electron chi connectivity index (χ0n) is 14.3. The minimum atomic E-state index is -0.284. The summed E-state index contributed by atoms with van der Waals surface area (Å²) in [6, 6.07) is 12.8.